The average molecular weight is 456 g/mol. The van der Waals surface area contributed by atoms with Gasteiger partial charge in [-0.1, -0.05) is 39.3 Å². The van der Waals surface area contributed by atoms with Crippen LogP contribution in [-0.2, 0) is 7.05 Å². The van der Waals surface area contributed by atoms with Gasteiger partial charge in [-0.05, 0) is 30.0 Å². The molecule has 4 rings (SSSR count). The Kier molecular flexibility index (Phi) is 5.95. The van der Waals surface area contributed by atoms with Crippen LogP contribution in [0.15, 0.2) is 30.6 Å². The third-order valence-electron chi connectivity index (χ3n) is 5.24. The molecule has 4 aromatic rings. The fourth-order valence-electron chi connectivity index (χ4n) is 3.97. The number of halogens is 2. The number of aryl methyl sites for hydroxylation is 1. The maximum absolute atomic E-state index is 14.7. The monoisotopic (exact) mass is 455 g/mol. The van der Waals surface area contributed by atoms with E-state index in [9.17, 15) is 9.50 Å². The molecule has 6 nitrogen and oxygen atoms in total. The topological polar surface area (TPSA) is 67.1 Å². The van der Waals surface area contributed by atoms with Gasteiger partial charge in [0.2, 0.25) is 0 Å². The van der Waals surface area contributed by atoms with Crippen LogP contribution in [0, 0.1) is 17.7 Å². The lowest BCUT2D eigenvalue weighted by atomic mass is 10.1. The summed E-state index contributed by atoms with van der Waals surface area (Å²) < 4.78 is 16.2. The molecule has 1 aromatic carbocycles. The Labute approximate surface area is 191 Å². The van der Waals surface area contributed by atoms with Crippen molar-refractivity contribution < 1.29 is 9.50 Å². The molecule has 0 atom stereocenters. The van der Waals surface area contributed by atoms with Crippen molar-refractivity contribution in [2.24, 2.45) is 18.9 Å². The molecular formula is C24H27ClFN5O. The second-order valence-electron chi connectivity index (χ2n) is 9.07. The molecule has 0 bridgehead atoms. The van der Waals surface area contributed by atoms with Gasteiger partial charge in [-0.25, -0.2) is 14.4 Å². The minimum absolute atomic E-state index is 0.110. The number of benzene rings is 1. The second kappa shape index (κ2) is 8.54. The molecule has 0 aliphatic heterocycles. The van der Waals surface area contributed by atoms with Crippen LogP contribution in [0.2, 0.25) is 5.02 Å². The molecule has 0 aliphatic rings. The quantitative estimate of drug-likeness (QED) is 0.398. The van der Waals surface area contributed by atoms with Crippen LogP contribution in [0.25, 0.3) is 33.2 Å². The summed E-state index contributed by atoms with van der Waals surface area (Å²) in [7, 11) is 1.70. The van der Waals surface area contributed by atoms with E-state index in [0.717, 1.165) is 18.8 Å². The third-order valence-corrected chi connectivity index (χ3v) is 5.55. The molecule has 0 saturated carbocycles. The van der Waals surface area contributed by atoms with Crippen LogP contribution in [0.3, 0.4) is 0 Å². The van der Waals surface area contributed by atoms with Crippen LogP contribution in [-0.4, -0.2) is 37.9 Å². The lowest BCUT2D eigenvalue weighted by molar-refractivity contribution is 0.437. The van der Waals surface area contributed by atoms with E-state index >= 15 is 0 Å². The highest BCUT2D eigenvalue weighted by molar-refractivity contribution is 6.35. The van der Waals surface area contributed by atoms with Gasteiger partial charge in [-0.3, -0.25) is 4.68 Å². The van der Waals surface area contributed by atoms with E-state index in [4.69, 9.17) is 11.6 Å². The molecule has 3 aromatic heterocycles. The highest BCUT2D eigenvalue weighted by atomic mass is 35.5. The Bertz CT molecular complexity index is 1290. The molecule has 0 unspecified atom stereocenters. The van der Waals surface area contributed by atoms with Gasteiger partial charge in [-0.15, -0.1) is 0 Å². The molecule has 3 heterocycles. The van der Waals surface area contributed by atoms with Gasteiger partial charge in [0.1, 0.15) is 5.52 Å². The van der Waals surface area contributed by atoms with Gasteiger partial charge >= 0.3 is 0 Å². The lowest BCUT2D eigenvalue weighted by Crippen LogP contribution is -2.31. The van der Waals surface area contributed by atoms with Gasteiger partial charge in [0, 0.05) is 42.7 Å². The molecule has 0 aliphatic carbocycles. The van der Waals surface area contributed by atoms with Gasteiger partial charge < -0.3 is 10.0 Å². The highest BCUT2D eigenvalue weighted by Gasteiger charge is 2.19. The smallest absolute Gasteiger partial charge is 0.193 e. The number of rotatable bonds is 6. The van der Waals surface area contributed by atoms with Crippen molar-refractivity contribution in [2.45, 2.75) is 27.7 Å². The first kappa shape index (κ1) is 22.3. The number of hydrogen-bond donors (Lipinski definition) is 1. The van der Waals surface area contributed by atoms with Gasteiger partial charge in [0.05, 0.1) is 22.6 Å². The van der Waals surface area contributed by atoms with E-state index in [0.29, 0.717) is 39.0 Å². The lowest BCUT2D eigenvalue weighted by Gasteiger charge is -2.28. The fraction of sp³-hybridized carbons (Fsp3) is 0.375. The summed E-state index contributed by atoms with van der Waals surface area (Å²) in [6, 6.07) is 5.30. The van der Waals surface area contributed by atoms with Crippen molar-refractivity contribution in [2.75, 3.05) is 18.0 Å². The molecule has 0 saturated heterocycles. The Morgan fingerprint density at radius 3 is 2.47 bits per heavy atom. The molecule has 1 N–H and O–H groups in total. The minimum Gasteiger partial charge on any atom is -0.504 e. The number of aromatic nitrogens is 4. The number of phenolic OH excluding ortho intramolecular Hbond substituents is 1. The van der Waals surface area contributed by atoms with Crippen LogP contribution >= 0.6 is 11.6 Å². The summed E-state index contributed by atoms with van der Waals surface area (Å²) in [5.41, 5.74) is 2.14. The predicted molar refractivity (Wildman–Crippen MR) is 128 cm³/mol. The summed E-state index contributed by atoms with van der Waals surface area (Å²) in [4.78, 5) is 11.4. The normalized spacial score (nSPS) is 11.9. The van der Waals surface area contributed by atoms with Crippen LogP contribution < -0.4 is 4.90 Å². The number of aromatic hydroxyl groups is 1. The first-order valence-electron chi connectivity index (χ1n) is 10.7. The Balaban J connectivity index is 1.81. The number of phenols is 1. The van der Waals surface area contributed by atoms with E-state index in [1.807, 2.05) is 6.07 Å². The maximum Gasteiger partial charge on any atom is 0.193 e. The summed E-state index contributed by atoms with van der Waals surface area (Å²) in [6.07, 6.45) is 3.48. The Morgan fingerprint density at radius 2 is 1.81 bits per heavy atom. The highest BCUT2D eigenvalue weighted by Crippen LogP contribution is 2.38. The van der Waals surface area contributed by atoms with Crippen molar-refractivity contribution in [3.63, 3.8) is 0 Å². The Morgan fingerprint density at radius 1 is 1.12 bits per heavy atom. The molecule has 0 fully saturated rings. The van der Waals surface area contributed by atoms with Crippen molar-refractivity contribution in [3.05, 3.63) is 41.4 Å². The van der Waals surface area contributed by atoms with Crippen molar-refractivity contribution in [1.29, 1.82) is 0 Å². The van der Waals surface area contributed by atoms with E-state index < -0.39 is 11.6 Å². The first-order chi connectivity index (χ1) is 15.1. The molecule has 0 spiro atoms. The molecule has 8 heteroatoms. The second-order valence-corrected chi connectivity index (χ2v) is 9.48. The molecule has 0 radical (unpaired) electrons. The zero-order valence-corrected chi connectivity index (χ0v) is 19.7. The zero-order valence-electron chi connectivity index (χ0n) is 18.9. The van der Waals surface area contributed by atoms with Crippen LogP contribution in [0.1, 0.15) is 27.7 Å². The van der Waals surface area contributed by atoms with Crippen LogP contribution in [0.4, 0.5) is 10.1 Å². The SMILES string of the molecule is CC(C)CN(CC(C)C)c1cnc2nc(-c3cc4cn(C)nc4c(F)c3O)cc(Cl)c2c1. The number of anilines is 1. The van der Waals surface area contributed by atoms with Crippen LogP contribution in [0.5, 0.6) is 5.75 Å². The molecule has 168 valence electrons. The Hall–Kier alpha value is -2.93. The largest absolute Gasteiger partial charge is 0.504 e. The summed E-state index contributed by atoms with van der Waals surface area (Å²) >= 11 is 6.62. The zero-order chi connectivity index (χ0) is 23.2. The first-order valence-corrected chi connectivity index (χ1v) is 11.1. The van der Waals surface area contributed by atoms with E-state index in [1.54, 1.807) is 31.6 Å². The number of hydrogen-bond acceptors (Lipinski definition) is 5. The molecule has 32 heavy (non-hydrogen) atoms. The average Bonchev–Trinajstić information content (AvgIpc) is 3.10. The van der Waals surface area contributed by atoms with E-state index in [-0.39, 0.29) is 11.1 Å². The fourth-order valence-corrected chi connectivity index (χ4v) is 4.21. The number of pyridine rings is 2. The third kappa shape index (κ3) is 4.21. The van der Waals surface area contributed by atoms with E-state index in [2.05, 4.69) is 47.7 Å². The summed E-state index contributed by atoms with van der Waals surface area (Å²) in [5.74, 6) is -0.283. The maximum atomic E-state index is 14.7. The van der Waals surface area contributed by atoms with Gasteiger partial charge in [0.25, 0.3) is 0 Å². The molecular weight excluding hydrogens is 429 g/mol. The van der Waals surface area contributed by atoms with Crippen molar-refractivity contribution in [1.82, 2.24) is 19.7 Å². The summed E-state index contributed by atoms with van der Waals surface area (Å²) in [5, 5.41) is 16.3. The van der Waals surface area contributed by atoms with E-state index in [1.165, 1.54) is 4.68 Å². The number of nitrogens with zero attached hydrogens (tertiary/aromatic N) is 5. The van der Waals surface area contributed by atoms with Gasteiger partial charge in [-0.2, -0.15) is 5.10 Å². The van der Waals surface area contributed by atoms with Crippen molar-refractivity contribution in [3.8, 4) is 17.0 Å². The predicted octanol–water partition coefficient (Wildman–Crippen LogP) is 5.80. The number of fused-ring (bicyclic) bond motifs is 2. The van der Waals surface area contributed by atoms with Crippen molar-refractivity contribution >= 4 is 39.2 Å². The van der Waals surface area contributed by atoms with Gasteiger partial charge in [0.15, 0.2) is 17.2 Å². The minimum atomic E-state index is -0.780. The summed E-state index contributed by atoms with van der Waals surface area (Å²) in [6.45, 7) is 10.6. The standard InChI is InChI=1S/C24H27ClFN5O/c1-13(2)10-31(11-14(3)4)16-7-17-19(25)8-20(28-24(17)27-9-16)18-6-15-12-30(5)29-22(15)21(26)23(18)32/h6-9,12-14,32H,10-11H2,1-5H3. The molecule has 0 amide bonds.